The van der Waals surface area contributed by atoms with Crippen LogP contribution in [0.25, 0.3) is 0 Å². The summed E-state index contributed by atoms with van der Waals surface area (Å²) in [5, 5.41) is 6.02. The quantitative estimate of drug-likeness (QED) is 0.822. The van der Waals surface area contributed by atoms with Crippen molar-refractivity contribution in [3.05, 3.63) is 59.7 Å². The summed E-state index contributed by atoms with van der Waals surface area (Å²) in [7, 11) is 0. The van der Waals surface area contributed by atoms with Crippen LogP contribution in [0.1, 0.15) is 25.0 Å². The van der Waals surface area contributed by atoms with Crippen LogP contribution < -0.4 is 15.4 Å². The average Bonchev–Trinajstić information content (AvgIpc) is 2.52. The maximum absolute atomic E-state index is 11.9. The van der Waals surface area contributed by atoms with E-state index >= 15 is 0 Å². The third-order valence-corrected chi connectivity index (χ3v) is 3.26. The molecule has 0 unspecified atom stereocenters. The minimum absolute atomic E-state index is 0.0333. The number of amides is 1. The van der Waals surface area contributed by atoms with Gasteiger partial charge in [0.2, 0.25) is 5.91 Å². The smallest absolute Gasteiger partial charge is 0.239 e. The number of hydrogen-bond acceptors (Lipinski definition) is 3. The Balaban J connectivity index is 1.75. The number of nitrogens with one attached hydrogen (secondary N) is 2. The van der Waals surface area contributed by atoms with Gasteiger partial charge in [-0.3, -0.25) is 4.79 Å². The number of aryl methyl sites for hydroxylation is 1. The molecule has 23 heavy (non-hydrogen) atoms. The molecule has 0 saturated heterocycles. The first kappa shape index (κ1) is 16.9. The van der Waals surface area contributed by atoms with Crippen LogP contribution >= 0.6 is 0 Å². The van der Waals surface area contributed by atoms with Gasteiger partial charge in [-0.2, -0.15) is 0 Å². The maximum Gasteiger partial charge on any atom is 0.239 e. The van der Waals surface area contributed by atoms with Crippen molar-refractivity contribution in [1.82, 2.24) is 5.32 Å². The van der Waals surface area contributed by atoms with Crippen molar-refractivity contribution in [3.8, 4) is 5.75 Å². The van der Waals surface area contributed by atoms with E-state index in [1.165, 1.54) is 5.56 Å². The van der Waals surface area contributed by atoms with Gasteiger partial charge in [-0.1, -0.05) is 24.3 Å². The van der Waals surface area contributed by atoms with Gasteiger partial charge in [0.05, 0.1) is 12.6 Å². The predicted molar refractivity (Wildman–Crippen MR) is 93.7 cm³/mol. The SMILES string of the molecule is Cc1cccc(NCC(=O)NCc2ccc(OC(C)C)cc2)c1. The van der Waals surface area contributed by atoms with Crippen LogP contribution in [0.4, 0.5) is 5.69 Å². The number of carbonyl (C=O) groups is 1. The molecule has 2 aromatic rings. The lowest BCUT2D eigenvalue weighted by atomic mass is 10.2. The van der Waals surface area contributed by atoms with Crippen LogP contribution in [0.2, 0.25) is 0 Å². The molecule has 4 nitrogen and oxygen atoms in total. The largest absolute Gasteiger partial charge is 0.491 e. The molecule has 0 fully saturated rings. The molecule has 2 N–H and O–H groups in total. The maximum atomic E-state index is 11.9. The summed E-state index contributed by atoms with van der Waals surface area (Å²) in [5.41, 5.74) is 3.17. The fraction of sp³-hybridized carbons (Fsp3) is 0.316. The van der Waals surface area contributed by atoms with Crippen molar-refractivity contribution in [3.63, 3.8) is 0 Å². The van der Waals surface area contributed by atoms with Gasteiger partial charge in [0.1, 0.15) is 5.75 Å². The van der Waals surface area contributed by atoms with Crippen LogP contribution in [0.15, 0.2) is 48.5 Å². The molecule has 2 aromatic carbocycles. The number of benzene rings is 2. The number of rotatable bonds is 7. The zero-order valence-corrected chi connectivity index (χ0v) is 13.9. The van der Waals surface area contributed by atoms with Gasteiger partial charge in [-0.05, 0) is 56.2 Å². The average molecular weight is 312 g/mol. The Morgan fingerprint density at radius 3 is 2.52 bits per heavy atom. The molecule has 2 rings (SSSR count). The molecule has 0 aliphatic rings. The van der Waals surface area contributed by atoms with Crippen molar-refractivity contribution < 1.29 is 9.53 Å². The fourth-order valence-electron chi connectivity index (χ4n) is 2.16. The van der Waals surface area contributed by atoms with E-state index in [2.05, 4.69) is 10.6 Å². The third kappa shape index (κ3) is 6.02. The topological polar surface area (TPSA) is 50.4 Å². The second-order valence-corrected chi connectivity index (χ2v) is 5.81. The predicted octanol–water partition coefficient (Wildman–Crippen LogP) is 3.51. The van der Waals surface area contributed by atoms with E-state index in [1.54, 1.807) is 0 Å². The Morgan fingerprint density at radius 2 is 1.87 bits per heavy atom. The zero-order valence-electron chi connectivity index (χ0n) is 13.9. The molecule has 0 aromatic heterocycles. The molecule has 1 amide bonds. The van der Waals surface area contributed by atoms with E-state index in [1.807, 2.05) is 69.3 Å². The summed E-state index contributed by atoms with van der Waals surface area (Å²) in [6.45, 7) is 6.79. The Labute approximate surface area is 137 Å². The highest BCUT2D eigenvalue weighted by molar-refractivity contribution is 5.80. The zero-order chi connectivity index (χ0) is 16.7. The minimum atomic E-state index is -0.0333. The monoisotopic (exact) mass is 312 g/mol. The lowest BCUT2D eigenvalue weighted by Crippen LogP contribution is -2.29. The highest BCUT2D eigenvalue weighted by Gasteiger charge is 2.02. The summed E-state index contributed by atoms with van der Waals surface area (Å²) in [6, 6.07) is 15.7. The Bertz CT molecular complexity index is 636. The molecule has 0 radical (unpaired) electrons. The third-order valence-electron chi connectivity index (χ3n) is 3.26. The highest BCUT2D eigenvalue weighted by atomic mass is 16.5. The number of anilines is 1. The van der Waals surface area contributed by atoms with Crippen molar-refractivity contribution in [1.29, 1.82) is 0 Å². The van der Waals surface area contributed by atoms with Gasteiger partial charge in [0, 0.05) is 12.2 Å². The normalized spacial score (nSPS) is 10.4. The molecule has 4 heteroatoms. The van der Waals surface area contributed by atoms with E-state index in [-0.39, 0.29) is 18.6 Å². The van der Waals surface area contributed by atoms with Gasteiger partial charge in [0.25, 0.3) is 0 Å². The van der Waals surface area contributed by atoms with Crippen LogP contribution in [0, 0.1) is 6.92 Å². The minimum Gasteiger partial charge on any atom is -0.491 e. The van der Waals surface area contributed by atoms with Crippen LogP contribution in [-0.2, 0) is 11.3 Å². The lowest BCUT2D eigenvalue weighted by Gasteiger charge is -2.11. The van der Waals surface area contributed by atoms with E-state index in [0.29, 0.717) is 6.54 Å². The second kappa shape index (κ2) is 8.22. The Morgan fingerprint density at radius 1 is 1.13 bits per heavy atom. The first-order valence-corrected chi connectivity index (χ1v) is 7.86. The van der Waals surface area contributed by atoms with Gasteiger partial charge in [-0.15, -0.1) is 0 Å². The van der Waals surface area contributed by atoms with Crippen LogP contribution in [0.3, 0.4) is 0 Å². The molecule has 0 spiro atoms. The summed E-state index contributed by atoms with van der Waals surface area (Å²) < 4.78 is 5.59. The molecular formula is C19H24N2O2. The van der Waals surface area contributed by atoms with Gasteiger partial charge in [0.15, 0.2) is 0 Å². The summed E-state index contributed by atoms with van der Waals surface area (Å²) in [4.78, 5) is 11.9. The van der Waals surface area contributed by atoms with Crippen molar-refractivity contribution >= 4 is 11.6 Å². The first-order chi connectivity index (χ1) is 11.0. The number of hydrogen-bond donors (Lipinski definition) is 2. The van der Waals surface area contributed by atoms with Crippen molar-refractivity contribution in [2.24, 2.45) is 0 Å². The van der Waals surface area contributed by atoms with Crippen LogP contribution in [0.5, 0.6) is 5.75 Å². The lowest BCUT2D eigenvalue weighted by molar-refractivity contribution is -0.119. The van der Waals surface area contributed by atoms with Gasteiger partial charge >= 0.3 is 0 Å². The summed E-state index contributed by atoms with van der Waals surface area (Å²) >= 11 is 0. The Hall–Kier alpha value is -2.49. The second-order valence-electron chi connectivity index (χ2n) is 5.81. The van der Waals surface area contributed by atoms with E-state index in [0.717, 1.165) is 17.0 Å². The van der Waals surface area contributed by atoms with Crippen molar-refractivity contribution in [2.75, 3.05) is 11.9 Å². The molecule has 0 saturated carbocycles. The summed E-state index contributed by atoms with van der Waals surface area (Å²) in [6.07, 6.45) is 0.160. The molecule has 0 bridgehead atoms. The van der Waals surface area contributed by atoms with Crippen molar-refractivity contribution in [2.45, 2.75) is 33.4 Å². The summed E-state index contributed by atoms with van der Waals surface area (Å²) in [5.74, 6) is 0.810. The van der Waals surface area contributed by atoms with Gasteiger partial charge in [-0.25, -0.2) is 0 Å². The molecule has 122 valence electrons. The standard InChI is InChI=1S/C19H24N2O2/c1-14(2)23-18-9-7-16(8-10-18)12-21-19(22)13-20-17-6-4-5-15(3)11-17/h4-11,14,20H,12-13H2,1-3H3,(H,21,22). The molecule has 0 heterocycles. The molecule has 0 atom stereocenters. The van der Waals surface area contributed by atoms with E-state index < -0.39 is 0 Å². The highest BCUT2D eigenvalue weighted by Crippen LogP contribution is 2.13. The van der Waals surface area contributed by atoms with E-state index in [4.69, 9.17) is 4.74 Å². The van der Waals surface area contributed by atoms with E-state index in [9.17, 15) is 4.79 Å². The molecule has 0 aliphatic heterocycles. The molecular weight excluding hydrogens is 288 g/mol. The first-order valence-electron chi connectivity index (χ1n) is 7.86. The number of carbonyl (C=O) groups excluding carboxylic acids is 1. The number of ether oxygens (including phenoxy) is 1. The van der Waals surface area contributed by atoms with Gasteiger partial charge < -0.3 is 15.4 Å². The molecule has 0 aliphatic carbocycles. The Kier molecular flexibility index (Phi) is 6.03. The van der Waals surface area contributed by atoms with Crippen LogP contribution in [-0.4, -0.2) is 18.6 Å². The fourth-order valence-corrected chi connectivity index (χ4v) is 2.16.